The van der Waals surface area contributed by atoms with Crippen molar-refractivity contribution in [3.05, 3.63) is 17.1 Å². The van der Waals surface area contributed by atoms with Crippen molar-refractivity contribution in [2.75, 3.05) is 6.54 Å². The third-order valence-electron chi connectivity index (χ3n) is 4.90. The Kier molecular flexibility index (Phi) is 5.11. The Morgan fingerprint density at radius 2 is 1.95 bits per heavy atom. The fraction of sp³-hybridized carbons (Fsp3) is 0.800. The average molecular weight is 265 g/mol. The van der Waals surface area contributed by atoms with Gasteiger partial charge in [-0.1, -0.05) is 17.3 Å². The van der Waals surface area contributed by atoms with Gasteiger partial charge in [0.15, 0.2) is 0 Å². The van der Waals surface area contributed by atoms with E-state index < -0.39 is 5.97 Å². The summed E-state index contributed by atoms with van der Waals surface area (Å²) in [5.74, 6) is 1.93. The molecule has 0 heterocycles. The van der Waals surface area contributed by atoms with Gasteiger partial charge in [0, 0.05) is 6.42 Å². The van der Waals surface area contributed by atoms with E-state index >= 15 is 0 Å². The number of nitroso groups, excluding NO2 is 1. The summed E-state index contributed by atoms with van der Waals surface area (Å²) in [5.41, 5.74) is 0. The number of fused-ring (bicyclic) bond motifs is 2. The summed E-state index contributed by atoms with van der Waals surface area (Å²) >= 11 is 0. The van der Waals surface area contributed by atoms with Gasteiger partial charge in [0.25, 0.3) is 0 Å². The van der Waals surface area contributed by atoms with E-state index in [0.29, 0.717) is 24.8 Å². The lowest BCUT2D eigenvalue weighted by atomic mass is 9.77. The third-order valence-corrected chi connectivity index (χ3v) is 4.90. The first-order valence-corrected chi connectivity index (χ1v) is 7.38. The van der Waals surface area contributed by atoms with Crippen LogP contribution in [0.25, 0.3) is 0 Å². The van der Waals surface area contributed by atoms with Gasteiger partial charge in [0.05, 0.1) is 6.54 Å². The summed E-state index contributed by atoms with van der Waals surface area (Å²) in [6.07, 6.45) is 11.0. The number of rotatable bonds is 8. The molecular weight excluding hydrogens is 242 g/mol. The maximum Gasteiger partial charge on any atom is 0.303 e. The second-order valence-corrected chi connectivity index (χ2v) is 5.97. The molecule has 0 radical (unpaired) electrons. The second kappa shape index (κ2) is 6.83. The lowest BCUT2D eigenvalue weighted by Gasteiger charge is -2.28. The number of carboxylic acid groups (broad SMARTS) is 1. The summed E-state index contributed by atoms with van der Waals surface area (Å²) in [7, 11) is 0. The molecule has 2 saturated carbocycles. The van der Waals surface area contributed by atoms with Gasteiger partial charge in [-0.25, -0.2) is 0 Å². The van der Waals surface area contributed by atoms with Crippen LogP contribution in [0.1, 0.15) is 44.9 Å². The molecule has 1 N–H and O–H groups in total. The molecule has 2 aliphatic carbocycles. The number of hydrogen-bond acceptors (Lipinski definition) is 3. The Labute approximate surface area is 114 Å². The molecule has 4 unspecified atom stereocenters. The first-order valence-electron chi connectivity index (χ1n) is 7.38. The standard InChI is InChI=1S/C15H23NO3/c17-15(18)6-4-2-1-3-5-13-11-7-8-12(9-11)14(13)10-16-19/h1,3,11-14H,2,4-10H2,(H,17,18). The first-order chi connectivity index (χ1) is 9.22. The van der Waals surface area contributed by atoms with Crippen LogP contribution in [0.5, 0.6) is 0 Å². The SMILES string of the molecule is O=NCC1C2CCC(C2)C1CC=CCCCC(=O)O. The summed E-state index contributed by atoms with van der Waals surface area (Å²) in [4.78, 5) is 20.9. The van der Waals surface area contributed by atoms with Crippen LogP contribution in [0.3, 0.4) is 0 Å². The minimum atomic E-state index is -0.723. The molecule has 4 heteroatoms. The van der Waals surface area contributed by atoms with Gasteiger partial charge < -0.3 is 5.11 Å². The highest BCUT2D eigenvalue weighted by Gasteiger charge is 2.46. The molecular formula is C15H23NO3. The van der Waals surface area contributed by atoms with Crippen LogP contribution >= 0.6 is 0 Å². The van der Waals surface area contributed by atoms with Crippen molar-refractivity contribution in [3.63, 3.8) is 0 Å². The summed E-state index contributed by atoms with van der Waals surface area (Å²) in [6.45, 7) is 0.485. The summed E-state index contributed by atoms with van der Waals surface area (Å²) in [5, 5.41) is 11.7. The van der Waals surface area contributed by atoms with E-state index in [0.717, 1.165) is 24.7 Å². The van der Waals surface area contributed by atoms with E-state index in [4.69, 9.17) is 5.11 Å². The smallest absolute Gasteiger partial charge is 0.303 e. The maximum atomic E-state index is 10.5. The van der Waals surface area contributed by atoms with E-state index in [9.17, 15) is 9.70 Å². The molecule has 0 aromatic rings. The highest BCUT2D eigenvalue weighted by Crippen LogP contribution is 2.53. The number of hydrogen-bond donors (Lipinski definition) is 1. The first kappa shape index (κ1) is 14.2. The number of allylic oxidation sites excluding steroid dienone is 2. The molecule has 106 valence electrons. The molecule has 0 amide bonds. The van der Waals surface area contributed by atoms with E-state index in [2.05, 4.69) is 17.3 Å². The number of nitrogens with zero attached hydrogens (tertiary/aromatic N) is 1. The minimum absolute atomic E-state index is 0.246. The number of carbonyl (C=O) groups is 1. The number of aliphatic carboxylic acids is 1. The van der Waals surface area contributed by atoms with Crippen LogP contribution in [0.4, 0.5) is 0 Å². The molecule has 0 aliphatic heterocycles. The molecule has 19 heavy (non-hydrogen) atoms. The predicted octanol–water partition coefficient (Wildman–Crippen LogP) is 3.62. The fourth-order valence-electron chi connectivity index (χ4n) is 4.01. The predicted molar refractivity (Wildman–Crippen MR) is 73.7 cm³/mol. The summed E-state index contributed by atoms with van der Waals surface area (Å²) < 4.78 is 0. The van der Waals surface area contributed by atoms with Crippen LogP contribution < -0.4 is 0 Å². The molecule has 4 atom stereocenters. The zero-order chi connectivity index (χ0) is 13.7. The average Bonchev–Trinajstić information content (AvgIpc) is 2.95. The van der Waals surface area contributed by atoms with E-state index in [1.54, 1.807) is 0 Å². The van der Waals surface area contributed by atoms with Gasteiger partial charge in [0.2, 0.25) is 0 Å². The van der Waals surface area contributed by atoms with Gasteiger partial charge in [-0.3, -0.25) is 4.79 Å². The van der Waals surface area contributed by atoms with Gasteiger partial charge in [-0.2, -0.15) is 4.91 Å². The lowest BCUT2D eigenvalue weighted by molar-refractivity contribution is -0.137. The Balaban J connectivity index is 1.73. The highest BCUT2D eigenvalue weighted by molar-refractivity contribution is 5.66. The zero-order valence-corrected chi connectivity index (χ0v) is 11.3. The normalized spacial score (nSPS) is 33.1. The highest BCUT2D eigenvalue weighted by atomic mass is 16.4. The molecule has 2 rings (SSSR count). The molecule has 4 nitrogen and oxygen atoms in total. The zero-order valence-electron chi connectivity index (χ0n) is 11.3. The van der Waals surface area contributed by atoms with Crippen molar-refractivity contribution in [1.82, 2.24) is 0 Å². The lowest BCUT2D eigenvalue weighted by Crippen LogP contribution is -2.24. The topological polar surface area (TPSA) is 66.7 Å². The van der Waals surface area contributed by atoms with Crippen LogP contribution in [-0.2, 0) is 4.79 Å². The third kappa shape index (κ3) is 3.64. The Bertz CT molecular complexity index is 353. The molecule has 2 fully saturated rings. The van der Waals surface area contributed by atoms with E-state index in [1.165, 1.54) is 19.3 Å². The van der Waals surface area contributed by atoms with Crippen LogP contribution in [0, 0.1) is 28.6 Å². The molecule has 0 spiro atoms. The molecule has 0 aromatic heterocycles. The number of carboxylic acids is 1. The second-order valence-electron chi connectivity index (χ2n) is 5.97. The molecule has 2 aliphatic rings. The van der Waals surface area contributed by atoms with Crippen LogP contribution in [-0.4, -0.2) is 17.6 Å². The fourth-order valence-corrected chi connectivity index (χ4v) is 4.01. The Hall–Kier alpha value is -1.19. The Morgan fingerprint density at radius 3 is 2.63 bits per heavy atom. The van der Waals surface area contributed by atoms with Crippen molar-refractivity contribution in [2.45, 2.75) is 44.9 Å². The summed E-state index contributed by atoms with van der Waals surface area (Å²) in [6, 6.07) is 0. The van der Waals surface area contributed by atoms with E-state index in [1.807, 2.05) is 0 Å². The monoisotopic (exact) mass is 265 g/mol. The number of unbranched alkanes of at least 4 members (excludes halogenated alkanes) is 1. The van der Waals surface area contributed by atoms with E-state index in [-0.39, 0.29) is 6.42 Å². The van der Waals surface area contributed by atoms with Gasteiger partial charge in [-0.05, 0) is 62.2 Å². The van der Waals surface area contributed by atoms with Crippen molar-refractivity contribution < 1.29 is 9.90 Å². The van der Waals surface area contributed by atoms with Crippen molar-refractivity contribution in [3.8, 4) is 0 Å². The van der Waals surface area contributed by atoms with Gasteiger partial charge in [-0.15, -0.1) is 0 Å². The molecule has 2 bridgehead atoms. The van der Waals surface area contributed by atoms with Crippen molar-refractivity contribution in [1.29, 1.82) is 0 Å². The van der Waals surface area contributed by atoms with Gasteiger partial charge >= 0.3 is 5.97 Å². The largest absolute Gasteiger partial charge is 0.481 e. The van der Waals surface area contributed by atoms with Crippen molar-refractivity contribution in [2.24, 2.45) is 28.8 Å². The maximum absolute atomic E-state index is 10.5. The van der Waals surface area contributed by atoms with Crippen LogP contribution in [0.15, 0.2) is 17.3 Å². The molecule has 0 saturated heterocycles. The van der Waals surface area contributed by atoms with Crippen molar-refractivity contribution >= 4 is 5.97 Å². The minimum Gasteiger partial charge on any atom is -0.481 e. The van der Waals surface area contributed by atoms with Gasteiger partial charge in [0.1, 0.15) is 0 Å². The van der Waals surface area contributed by atoms with Crippen LogP contribution in [0.2, 0.25) is 0 Å². The quantitative estimate of drug-likeness (QED) is 0.414. The Morgan fingerprint density at radius 1 is 1.21 bits per heavy atom. The molecule has 0 aromatic carbocycles.